The first-order chi connectivity index (χ1) is 8.47. The Morgan fingerprint density at radius 1 is 1.56 bits per heavy atom. The average Bonchev–Trinajstić information content (AvgIpc) is 2.83. The van der Waals surface area contributed by atoms with Gasteiger partial charge in [-0.15, -0.1) is 5.53 Å². The zero-order valence-corrected chi connectivity index (χ0v) is 9.71. The molecule has 18 heavy (non-hydrogen) atoms. The second-order valence-corrected chi connectivity index (χ2v) is 3.61. The van der Waals surface area contributed by atoms with E-state index in [1.54, 1.807) is 18.3 Å². The molecule has 2 N–H and O–H groups in total. The Kier molecular flexibility index (Phi) is 2.90. The summed E-state index contributed by atoms with van der Waals surface area (Å²) in [6, 6.07) is 2.75. The zero-order chi connectivity index (χ0) is 13.3. The summed E-state index contributed by atoms with van der Waals surface area (Å²) in [6.07, 6.45) is 1.55. The van der Waals surface area contributed by atoms with Crippen LogP contribution in [-0.4, -0.2) is 28.0 Å². The normalized spacial score (nSPS) is 14.7. The van der Waals surface area contributed by atoms with Gasteiger partial charge in [0.05, 0.1) is 12.3 Å². The number of nitrogens with one attached hydrogen (secondary N) is 2. The summed E-state index contributed by atoms with van der Waals surface area (Å²) in [5.74, 6) is -0.263. The molecule has 0 aromatic carbocycles. The van der Waals surface area contributed by atoms with Gasteiger partial charge in [-0.1, -0.05) is 0 Å². The summed E-state index contributed by atoms with van der Waals surface area (Å²) in [4.78, 5) is 20.8. The largest absolute Gasteiger partial charge is 0.433 e. The van der Waals surface area contributed by atoms with Crippen LogP contribution in [0.15, 0.2) is 22.7 Å². The van der Waals surface area contributed by atoms with E-state index in [2.05, 4.69) is 11.0 Å². The van der Waals surface area contributed by atoms with Crippen molar-refractivity contribution in [3.8, 4) is 0 Å². The fourth-order valence-electron chi connectivity index (χ4n) is 1.47. The molecule has 2 heterocycles. The predicted octanol–water partition coefficient (Wildman–Crippen LogP) is 0.204. The number of carbonyl (C=O) groups is 1. The fourth-order valence-corrected chi connectivity index (χ4v) is 1.47. The van der Waals surface area contributed by atoms with E-state index in [1.807, 2.05) is 0 Å². The Hall–Kier alpha value is -2.55. The number of hydrazine groups is 3. The van der Waals surface area contributed by atoms with E-state index in [-0.39, 0.29) is 11.8 Å². The first kappa shape index (κ1) is 11.9. The van der Waals surface area contributed by atoms with Gasteiger partial charge in [0.1, 0.15) is 10.6 Å². The molecule has 1 aromatic rings. The summed E-state index contributed by atoms with van der Waals surface area (Å²) >= 11 is 0. The van der Waals surface area contributed by atoms with Gasteiger partial charge in [-0.25, -0.2) is 5.12 Å². The van der Waals surface area contributed by atoms with Crippen molar-refractivity contribution >= 4 is 17.5 Å². The molecular weight excluding hydrogens is 242 g/mol. The number of rotatable bonds is 3. The van der Waals surface area contributed by atoms with Gasteiger partial charge < -0.3 is 4.42 Å². The minimum atomic E-state index is -0.613. The third kappa shape index (κ3) is 2.25. The van der Waals surface area contributed by atoms with E-state index in [0.717, 1.165) is 0 Å². The van der Waals surface area contributed by atoms with Gasteiger partial charge in [0.2, 0.25) is 5.91 Å². The maximum absolute atomic E-state index is 10.9. The molecule has 1 aromatic heterocycles. The van der Waals surface area contributed by atoms with Crippen molar-refractivity contribution in [3.63, 3.8) is 0 Å². The highest BCUT2D eigenvalue weighted by atomic mass is 16.6. The van der Waals surface area contributed by atoms with Gasteiger partial charge >= 0.3 is 5.88 Å². The lowest BCUT2D eigenvalue weighted by Gasteiger charge is -2.19. The summed E-state index contributed by atoms with van der Waals surface area (Å²) in [5, 5.41) is 13.4. The summed E-state index contributed by atoms with van der Waals surface area (Å²) < 4.78 is 5.06. The van der Waals surface area contributed by atoms with E-state index in [0.29, 0.717) is 11.5 Å². The van der Waals surface area contributed by atoms with E-state index in [4.69, 9.17) is 4.42 Å². The van der Waals surface area contributed by atoms with E-state index < -0.39 is 4.92 Å². The Morgan fingerprint density at radius 2 is 2.28 bits per heavy atom. The highest BCUT2D eigenvalue weighted by molar-refractivity contribution is 5.72. The Morgan fingerprint density at radius 3 is 2.83 bits per heavy atom. The molecule has 0 fully saturated rings. The molecule has 96 valence electrons. The van der Waals surface area contributed by atoms with Crippen LogP contribution in [0.1, 0.15) is 12.7 Å². The number of hydrogen-bond donors (Lipinski definition) is 2. The average molecular weight is 253 g/mol. The molecule has 1 aliphatic heterocycles. The van der Waals surface area contributed by atoms with Crippen LogP contribution in [0.2, 0.25) is 0 Å². The molecule has 9 nitrogen and oxygen atoms in total. The topological polar surface area (TPSA) is 104 Å². The van der Waals surface area contributed by atoms with Crippen molar-refractivity contribution in [1.29, 1.82) is 0 Å². The molecule has 0 aliphatic carbocycles. The minimum absolute atomic E-state index is 0.251. The standard InChI is InChI=1S/C9H11N5O4/c1-6(15)10-13-5-7(12(2)11-13)8-3-4-9(18-8)14(16)17/h3-5,11H,1-2H3,(H,10,15). The summed E-state index contributed by atoms with van der Waals surface area (Å²) in [5.41, 5.74) is 5.83. The Labute approximate surface area is 102 Å². The van der Waals surface area contributed by atoms with Crippen molar-refractivity contribution in [2.24, 2.45) is 0 Å². The number of furan rings is 1. The molecular formula is C9H11N5O4. The third-order valence-electron chi connectivity index (χ3n) is 2.17. The molecule has 0 bridgehead atoms. The Balaban J connectivity index is 2.20. The van der Waals surface area contributed by atoms with Crippen LogP contribution in [0.5, 0.6) is 0 Å². The van der Waals surface area contributed by atoms with Crippen LogP contribution in [-0.2, 0) is 4.79 Å². The first-order valence-electron chi connectivity index (χ1n) is 5.00. The van der Waals surface area contributed by atoms with Crippen molar-refractivity contribution in [2.75, 3.05) is 7.05 Å². The number of amides is 1. The highest BCUT2D eigenvalue weighted by Crippen LogP contribution is 2.25. The van der Waals surface area contributed by atoms with Gasteiger partial charge in [0.15, 0.2) is 5.76 Å². The minimum Gasteiger partial charge on any atom is -0.399 e. The lowest BCUT2D eigenvalue weighted by Crippen LogP contribution is -2.47. The zero-order valence-electron chi connectivity index (χ0n) is 9.71. The summed E-state index contributed by atoms with van der Waals surface area (Å²) in [6.45, 7) is 1.37. The molecule has 9 heteroatoms. The van der Waals surface area contributed by atoms with Gasteiger partial charge in [-0.2, -0.15) is 0 Å². The molecule has 0 unspecified atom stereocenters. The van der Waals surface area contributed by atoms with Crippen LogP contribution in [0.25, 0.3) is 5.70 Å². The molecule has 1 amide bonds. The van der Waals surface area contributed by atoms with Gasteiger partial charge in [0, 0.05) is 14.0 Å². The number of hydrogen-bond acceptors (Lipinski definition) is 7. The SMILES string of the molecule is CC(=O)NN1C=C(c2ccc([N+](=O)[O-])o2)N(C)N1. The molecule has 0 atom stereocenters. The van der Waals surface area contributed by atoms with Gasteiger partial charge in [-0.05, 0) is 6.07 Å². The molecule has 2 rings (SSSR count). The van der Waals surface area contributed by atoms with Crippen LogP contribution in [0.3, 0.4) is 0 Å². The highest BCUT2D eigenvalue weighted by Gasteiger charge is 2.23. The van der Waals surface area contributed by atoms with Crippen molar-refractivity contribution in [2.45, 2.75) is 6.92 Å². The van der Waals surface area contributed by atoms with E-state index >= 15 is 0 Å². The van der Waals surface area contributed by atoms with Gasteiger partial charge in [-0.3, -0.25) is 25.3 Å². The van der Waals surface area contributed by atoms with Crippen LogP contribution in [0, 0.1) is 10.1 Å². The summed E-state index contributed by atoms with van der Waals surface area (Å²) in [7, 11) is 1.68. The second kappa shape index (κ2) is 4.37. The lowest BCUT2D eigenvalue weighted by atomic mass is 10.3. The van der Waals surface area contributed by atoms with Crippen LogP contribution < -0.4 is 11.0 Å². The smallest absolute Gasteiger partial charge is 0.399 e. The lowest BCUT2D eigenvalue weighted by molar-refractivity contribution is -0.402. The van der Waals surface area contributed by atoms with Crippen molar-refractivity contribution in [3.05, 3.63) is 34.2 Å². The quantitative estimate of drug-likeness (QED) is 0.585. The Bertz CT molecular complexity index is 523. The van der Waals surface area contributed by atoms with Crippen LogP contribution in [0.4, 0.5) is 5.88 Å². The maximum atomic E-state index is 10.9. The monoisotopic (exact) mass is 253 g/mol. The van der Waals surface area contributed by atoms with E-state index in [1.165, 1.54) is 24.2 Å². The molecule has 0 saturated heterocycles. The predicted molar refractivity (Wildman–Crippen MR) is 59.9 cm³/mol. The number of carbonyl (C=O) groups excluding carboxylic acids is 1. The van der Waals surface area contributed by atoms with Gasteiger partial charge in [0.25, 0.3) is 0 Å². The van der Waals surface area contributed by atoms with E-state index in [9.17, 15) is 14.9 Å². The third-order valence-corrected chi connectivity index (χ3v) is 2.17. The maximum Gasteiger partial charge on any atom is 0.433 e. The fraction of sp³-hybridized carbons (Fsp3) is 0.222. The first-order valence-corrected chi connectivity index (χ1v) is 5.00. The molecule has 0 spiro atoms. The van der Waals surface area contributed by atoms with Crippen LogP contribution >= 0.6 is 0 Å². The molecule has 1 aliphatic rings. The van der Waals surface area contributed by atoms with Crippen molar-refractivity contribution in [1.82, 2.24) is 21.1 Å². The number of nitro groups is 1. The second-order valence-electron chi connectivity index (χ2n) is 3.61. The number of nitrogens with zero attached hydrogens (tertiary/aromatic N) is 3. The molecule has 0 radical (unpaired) electrons. The van der Waals surface area contributed by atoms with Crippen molar-refractivity contribution < 1.29 is 14.1 Å². The molecule has 0 saturated carbocycles.